The zero-order valence-electron chi connectivity index (χ0n) is 8.90. The molecule has 0 saturated heterocycles. The fraction of sp³-hybridized carbons (Fsp3) is 0.455. The SMILES string of the molecule is CNC(C)C1CS(=O)(=O)c2ccccc21. The molecule has 0 spiro atoms. The van der Waals surface area contributed by atoms with E-state index < -0.39 is 9.84 Å². The molecule has 0 saturated carbocycles. The first-order chi connectivity index (χ1) is 7.06. The minimum atomic E-state index is -3.05. The molecule has 0 aromatic heterocycles. The minimum Gasteiger partial charge on any atom is -0.317 e. The molecule has 1 N–H and O–H groups in total. The molecule has 0 amide bonds. The van der Waals surface area contributed by atoms with Gasteiger partial charge in [-0.15, -0.1) is 0 Å². The molecule has 2 atom stereocenters. The standard InChI is InChI=1S/C11H15NO2S/c1-8(12-2)10-7-15(13,14)11-6-4-3-5-9(10)11/h3-6,8,10,12H,7H2,1-2H3. The first kappa shape index (κ1) is 10.6. The molecule has 1 heterocycles. The highest BCUT2D eigenvalue weighted by atomic mass is 32.2. The Bertz CT molecular complexity index is 467. The van der Waals surface area contributed by atoms with E-state index in [-0.39, 0.29) is 17.7 Å². The molecule has 0 radical (unpaired) electrons. The summed E-state index contributed by atoms with van der Waals surface area (Å²) in [6.07, 6.45) is 0. The Morgan fingerprint density at radius 1 is 1.40 bits per heavy atom. The molecule has 1 aliphatic rings. The average Bonchev–Trinajstić information content (AvgIpc) is 2.51. The number of likely N-dealkylation sites (N-methyl/N-ethyl adjacent to an activating group) is 1. The Kier molecular flexibility index (Phi) is 2.56. The lowest BCUT2D eigenvalue weighted by Crippen LogP contribution is -2.29. The maximum Gasteiger partial charge on any atom is 0.179 e. The number of hydrogen-bond acceptors (Lipinski definition) is 3. The summed E-state index contributed by atoms with van der Waals surface area (Å²) < 4.78 is 23.7. The predicted octanol–water partition coefficient (Wildman–Crippen LogP) is 1.17. The number of benzene rings is 1. The summed E-state index contributed by atoms with van der Waals surface area (Å²) >= 11 is 0. The largest absolute Gasteiger partial charge is 0.317 e. The van der Waals surface area contributed by atoms with E-state index in [0.717, 1.165) is 5.56 Å². The fourth-order valence-electron chi connectivity index (χ4n) is 2.10. The minimum absolute atomic E-state index is 0.0798. The molecule has 4 heteroatoms. The van der Waals surface area contributed by atoms with Gasteiger partial charge in [0.25, 0.3) is 0 Å². The van der Waals surface area contributed by atoms with Gasteiger partial charge in [0, 0.05) is 12.0 Å². The van der Waals surface area contributed by atoms with Crippen LogP contribution >= 0.6 is 0 Å². The van der Waals surface area contributed by atoms with Crippen LogP contribution in [0, 0.1) is 0 Å². The van der Waals surface area contributed by atoms with Gasteiger partial charge in [0.2, 0.25) is 0 Å². The number of rotatable bonds is 2. The second-order valence-electron chi connectivity index (χ2n) is 4.00. The van der Waals surface area contributed by atoms with E-state index in [1.165, 1.54) is 0 Å². The third kappa shape index (κ3) is 1.68. The Labute approximate surface area is 90.4 Å². The van der Waals surface area contributed by atoms with Crippen molar-refractivity contribution in [2.24, 2.45) is 0 Å². The Morgan fingerprint density at radius 3 is 2.73 bits per heavy atom. The lowest BCUT2D eigenvalue weighted by Gasteiger charge is -2.17. The van der Waals surface area contributed by atoms with Crippen LogP contribution < -0.4 is 5.32 Å². The smallest absolute Gasteiger partial charge is 0.179 e. The zero-order chi connectivity index (χ0) is 11.1. The van der Waals surface area contributed by atoms with Gasteiger partial charge in [-0.2, -0.15) is 0 Å². The molecule has 2 rings (SSSR count). The molecule has 0 fully saturated rings. The topological polar surface area (TPSA) is 46.2 Å². The summed E-state index contributed by atoms with van der Waals surface area (Å²) in [5.41, 5.74) is 0.958. The summed E-state index contributed by atoms with van der Waals surface area (Å²) in [6, 6.07) is 7.48. The molecule has 1 aliphatic heterocycles. The highest BCUT2D eigenvalue weighted by Crippen LogP contribution is 2.36. The van der Waals surface area contributed by atoms with Crippen LogP contribution in [0.1, 0.15) is 18.4 Å². The van der Waals surface area contributed by atoms with Crippen molar-refractivity contribution in [1.29, 1.82) is 0 Å². The van der Waals surface area contributed by atoms with Crippen LogP contribution in [0.4, 0.5) is 0 Å². The predicted molar refractivity (Wildman–Crippen MR) is 59.8 cm³/mol. The molecule has 1 aromatic carbocycles. The van der Waals surface area contributed by atoms with Crippen LogP contribution in [0.2, 0.25) is 0 Å². The zero-order valence-corrected chi connectivity index (χ0v) is 9.71. The maximum absolute atomic E-state index is 11.9. The van der Waals surface area contributed by atoms with Gasteiger partial charge < -0.3 is 5.32 Å². The molecular weight excluding hydrogens is 210 g/mol. The molecule has 2 unspecified atom stereocenters. The van der Waals surface area contributed by atoms with Crippen LogP contribution in [0.15, 0.2) is 29.2 Å². The van der Waals surface area contributed by atoms with Gasteiger partial charge in [-0.05, 0) is 25.6 Å². The lowest BCUT2D eigenvalue weighted by atomic mass is 9.95. The van der Waals surface area contributed by atoms with Crippen molar-refractivity contribution in [1.82, 2.24) is 5.32 Å². The number of hydrogen-bond donors (Lipinski definition) is 1. The summed E-state index contributed by atoms with van der Waals surface area (Å²) in [5.74, 6) is 0.310. The monoisotopic (exact) mass is 225 g/mol. The van der Waals surface area contributed by atoms with Crippen molar-refractivity contribution in [2.45, 2.75) is 23.8 Å². The Morgan fingerprint density at radius 2 is 2.07 bits per heavy atom. The first-order valence-electron chi connectivity index (χ1n) is 5.05. The van der Waals surface area contributed by atoms with Crippen molar-refractivity contribution in [3.8, 4) is 0 Å². The van der Waals surface area contributed by atoms with Gasteiger partial charge >= 0.3 is 0 Å². The lowest BCUT2D eigenvalue weighted by molar-refractivity contribution is 0.524. The van der Waals surface area contributed by atoms with Crippen LogP contribution in [0.3, 0.4) is 0 Å². The van der Waals surface area contributed by atoms with E-state index in [4.69, 9.17) is 0 Å². The van der Waals surface area contributed by atoms with Gasteiger partial charge in [-0.3, -0.25) is 0 Å². The molecule has 1 aromatic rings. The van der Waals surface area contributed by atoms with Gasteiger partial charge in [0.1, 0.15) is 0 Å². The van der Waals surface area contributed by atoms with Crippen LogP contribution in [-0.4, -0.2) is 27.3 Å². The highest BCUT2D eigenvalue weighted by Gasteiger charge is 2.36. The van der Waals surface area contributed by atoms with Crippen molar-refractivity contribution in [3.05, 3.63) is 29.8 Å². The van der Waals surface area contributed by atoms with Gasteiger partial charge in [0.05, 0.1) is 10.6 Å². The highest BCUT2D eigenvalue weighted by molar-refractivity contribution is 7.91. The number of sulfone groups is 1. The normalized spacial score (nSPS) is 24.8. The van der Waals surface area contributed by atoms with Gasteiger partial charge in [0.15, 0.2) is 9.84 Å². The summed E-state index contributed by atoms with van der Waals surface area (Å²) in [5, 5.41) is 3.12. The van der Waals surface area contributed by atoms with E-state index >= 15 is 0 Å². The maximum atomic E-state index is 11.9. The third-order valence-corrected chi connectivity index (χ3v) is 4.95. The molecule has 15 heavy (non-hydrogen) atoms. The van der Waals surface area contributed by atoms with Gasteiger partial charge in [-0.25, -0.2) is 8.42 Å². The molecule has 3 nitrogen and oxygen atoms in total. The van der Waals surface area contributed by atoms with E-state index in [2.05, 4.69) is 5.32 Å². The van der Waals surface area contributed by atoms with Crippen LogP contribution in [-0.2, 0) is 9.84 Å². The van der Waals surface area contributed by atoms with Crippen LogP contribution in [0.25, 0.3) is 0 Å². The van der Waals surface area contributed by atoms with E-state index in [9.17, 15) is 8.42 Å². The first-order valence-corrected chi connectivity index (χ1v) is 6.70. The summed E-state index contributed by atoms with van der Waals surface area (Å²) in [4.78, 5) is 0.511. The molecular formula is C11H15NO2S. The fourth-order valence-corrected chi connectivity index (χ4v) is 4.09. The van der Waals surface area contributed by atoms with E-state index in [1.54, 1.807) is 12.1 Å². The number of fused-ring (bicyclic) bond motifs is 1. The summed E-state index contributed by atoms with van der Waals surface area (Å²) in [6.45, 7) is 2.02. The van der Waals surface area contributed by atoms with E-state index in [1.807, 2.05) is 26.1 Å². The van der Waals surface area contributed by atoms with E-state index in [0.29, 0.717) is 4.90 Å². The quantitative estimate of drug-likeness (QED) is 0.821. The van der Waals surface area contributed by atoms with Crippen molar-refractivity contribution >= 4 is 9.84 Å². The summed E-state index contributed by atoms with van der Waals surface area (Å²) in [7, 11) is -1.19. The Balaban J connectivity index is 2.52. The number of nitrogens with one attached hydrogen (secondary N) is 1. The van der Waals surface area contributed by atoms with Gasteiger partial charge in [-0.1, -0.05) is 18.2 Å². The molecule has 0 aliphatic carbocycles. The molecule has 0 bridgehead atoms. The second-order valence-corrected chi connectivity index (χ2v) is 6.01. The van der Waals surface area contributed by atoms with Crippen LogP contribution in [0.5, 0.6) is 0 Å². The van der Waals surface area contributed by atoms with Crippen molar-refractivity contribution in [3.63, 3.8) is 0 Å². The second kappa shape index (κ2) is 3.61. The molecule has 82 valence electrons. The van der Waals surface area contributed by atoms with Crippen molar-refractivity contribution < 1.29 is 8.42 Å². The average molecular weight is 225 g/mol. The third-order valence-electron chi connectivity index (χ3n) is 3.11. The van der Waals surface area contributed by atoms with Crippen molar-refractivity contribution in [2.75, 3.05) is 12.8 Å². The Hall–Kier alpha value is -0.870.